The molecule has 0 aliphatic rings. The topological polar surface area (TPSA) is 0 Å². The zero-order chi connectivity index (χ0) is 15.4. The molecule has 1 unspecified atom stereocenters. The minimum atomic E-state index is 0.516. The van der Waals surface area contributed by atoms with Gasteiger partial charge in [-0.3, -0.25) is 0 Å². The zero-order valence-electron chi connectivity index (χ0n) is 13.7. The Bertz CT molecular complexity index is 521. The Morgan fingerprint density at radius 3 is 1.43 bits per heavy atom. The number of benzene rings is 2. The van der Waals surface area contributed by atoms with E-state index in [9.17, 15) is 0 Å². The lowest BCUT2D eigenvalue weighted by atomic mass is 9.85. The van der Waals surface area contributed by atoms with E-state index >= 15 is 0 Å². The summed E-state index contributed by atoms with van der Waals surface area (Å²) in [6.45, 7) is 8.80. The quantitative estimate of drug-likeness (QED) is 0.620. The fraction of sp³-hybridized carbons (Fsp3) is 0.400. The van der Waals surface area contributed by atoms with Gasteiger partial charge in [-0.15, -0.1) is 9.24 Å². The van der Waals surface area contributed by atoms with Crippen LogP contribution in [0, 0.1) is 27.7 Å². The highest BCUT2D eigenvalue weighted by atomic mass is 31.0. The van der Waals surface area contributed by atoms with Crippen LogP contribution in [0.3, 0.4) is 0 Å². The van der Waals surface area contributed by atoms with E-state index < -0.39 is 0 Å². The second kappa shape index (κ2) is 7.23. The molecule has 0 aliphatic heterocycles. The first kappa shape index (κ1) is 16.2. The maximum absolute atomic E-state index is 2.86. The molecule has 1 heteroatoms. The van der Waals surface area contributed by atoms with Gasteiger partial charge in [0.2, 0.25) is 0 Å². The van der Waals surface area contributed by atoms with Crippen molar-refractivity contribution in [3.05, 3.63) is 69.8 Å². The average molecular weight is 298 g/mol. The summed E-state index contributed by atoms with van der Waals surface area (Å²) in [6, 6.07) is 14.0. The summed E-state index contributed by atoms with van der Waals surface area (Å²) in [5.41, 5.74) is 8.40. The van der Waals surface area contributed by atoms with E-state index in [-0.39, 0.29) is 0 Å². The molecule has 112 valence electrons. The smallest absolute Gasteiger partial charge is 0.00898 e. The fourth-order valence-corrected chi connectivity index (χ4v) is 3.51. The van der Waals surface area contributed by atoms with Crippen LogP contribution in [0.2, 0.25) is 0 Å². The predicted molar refractivity (Wildman–Crippen MR) is 97.5 cm³/mol. The van der Waals surface area contributed by atoms with Crippen LogP contribution < -0.4 is 0 Å². The van der Waals surface area contributed by atoms with E-state index in [4.69, 9.17) is 0 Å². The molecule has 0 saturated heterocycles. The van der Waals surface area contributed by atoms with Gasteiger partial charge >= 0.3 is 0 Å². The van der Waals surface area contributed by atoms with Crippen LogP contribution in [0.1, 0.15) is 52.1 Å². The van der Waals surface area contributed by atoms with E-state index in [2.05, 4.69) is 73.3 Å². The van der Waals surface area contributed by atoms with Crippen molar-refractivity contribution < 1.29 is 0 Å². The summed E-state index contributed by atoms with van der Waals surface area (Å²) in [5, 5.41) is 0. The molecule has 21 heavy (non-hydrogen) atoms. The number of rotatable bonds is 5. The first-order valence-corrected chi connectivity index (χ1v) is 8.67. The predicted octanol–water partition coefficient (Wildman–Crippen LogP) is 5.71. The first-order valence-electron chi connectivity index (χ1n) is 7.86. The molecule has 0 nitrogen and oxygen atoms in total. The third kappa shape index (κ3) is 4.42. The first-order chi connectivity index (χ1) is 9.99. The van der Waals surface area contributed by atoms with Gasteiger partial charge in [-0.2, -0.15) is 0 Å². The van der Waals surface area contributed by atoms with Gasteiger partial charge in [-0.05, 0) is 57.8 Å². The Morgan fingerprint density at radius 1 is 0.714 bits per heavy atom. The lowest BCUT2D eigenvalue weighted by Gasteiger charge is -2.20. The van der Waals surface area contributed by atoms with Crippen LogP contribution >= 0.6 is 9.24 Å². The van der Waals surface area contributed by atoms with Crippen molar-refractivity contribution in [1.82, 2.24) is 0 Å². The monoisotopic (exact) mass is 298 g/mol. The Kier molecular flexibility index (Phi) is 5.59. The summed E-state index contributed by atoms with van der Waals surface area (Å²) < 4.78 is 0. The van der Waals surface area contributed by atoms with Gasteiger partial charge in [0.1, 0.15) is 0 Å². The molecule has 0 aliphatic carbocycles. The minimum Gasteiger partial charge on any atom is -0.138 e. The van der Waals surface area contributed by atoms with Gasteiger partial charge < -0.3 is 0 Å². The summed E-state index contributed by atoms with van der Waals surface area (Å²) in [4.78, 5) is 0. The Hall–Kier alpha value is -1.13. The van der Waals surface area contributed by atoms with Gasteiger partial charge in [-0.1, -0.05) is 58.7 Å². The molecule has 0 bridgehead atoms. The van der Waals surface area contributed by atoms with Crippen molar-refractivity contribution in [3.63, 3.8) is 0 Å². The molecular weight excluding hydrogens is 271 g/mol. The molecule has 0 N–H and O–H groups in total. The van der Waals surface area contributed by atoms with Gasteiger partial charge in [0, 0.05) is 5.92 Å². The van der Waals surface area contributed by atoms with E-state index in [0.29, 0.717) is 5.92 Å². The molecule has 0 amide bonds. The van der Waals surface area contributed by atoms with Crippen LogP contribution in [-0.2, 0) is 0 Å². The summed E-state index contributed by atoms with van der Waals surface area (Å²) in [5.74, 6) is 0.516. The van der Waals surface area contributed by atoms with E-state index in [1.165, 1.54) is 52.4 Å². The van der Waals surface area contributed by atoms with Crippen LogP contribution in [0.5, 0.6) is 0 Å². The van der Waals surface area contributed by atoms with Crippen molar-refractivity contribution in [2.24, 2.45) is 0 Å². The molecule has 2 rings (SSSR count). The molecular formula is C20H27P. The summed E-state index contributed by atoms with van der Waals surface area (Å²) >= 11 is 0. The molecule has 0 spiro atoms. The Morgan fingerprint density at radius 2 is 1.10 bits per heavy atom. The SMILES string of the molecule is Cc1cc(C)cc(C(CCCP)c2cc(C)cc(C)c2)c1. The molecule has 0 fully saturated rings. The van der Waals surface area contributed by atoms with Crippen LogP contribution in [0.15, 0.2) is 36.4 Å². The van der Waals surface area contributed by atoms with E-state index in [0.717, 1.165) is 0 Å². The Balaban J connectivity index is 2.46. The second-order valence-electron chi connectivity index (χ2n) is 6.33. The highest BCUT2D eigenvalue weighted by Gasteiger charge is 2.15. The standard InChI is InChI=1S/C20H27P/c1-14-8-15(2)11-18(10-14)20(6-5-7-21)19-12-16(3)9-17(4)13-19/h8-13,20H,5-7,21H2,1-4H3. The Labute approximate surface area is 132 Å². The van der Waals surface area contributed by atoms with E-state index in [1.807, 2.05) is 0 Å². The molecule has 0 aromatic heterocycles. The molecule has 2 aromatic carbocycles. The molecule has 0 saturated carbocycles. The van der Waals surface area contributed by atoms with Crippen molar-refractivity contribution in [2.75, 3.05) is 6.16 Å². The number of aryl methyl sites for hydroxylation is 4. The van der Waals surface area contributed by atoms with Crippen LogP contribution in [0.4, 0.5) is 0 Å². The fourth-order valence-electron chi connectivity index (χ4n) is 3.27. The van der Waals surface area contributed by atoms with Crippen LogP contribution in [-0.4, -0.2) is 6.16 Å². The highest BCUT2D eigenvalue weighted by molar-refractivity contribution is 7.16. The lowest BCUT2D eigenvalue weighted by Crippen LogP contribution is -2.04. The van der Waals surface area contributed by atoms with Gasteiger partial charge in [-0.25, -0.2) is 0 Å². The van der Waals surface area contributed by atoms with Crippen molar-refractivity contribution in [1.29, 1.82) is 0 Å². The van der Waals surface area contributed by atoms with Crippen molar-refractivity contribution in [3.8, 4) is 0 Å². The number of hydrogen-bond donors (Lipinski definition) is 0. The molecule has 1 atom stereocenters. The lowest BCUT2D eigenvalue weighted by molar-refractivity contribution is 0.701. The molecule has 2 aromatic rings. The zero-order valence-corrected chi connectivity index (χ0v) is 14.9. The van der Waals surface area contributed by atoms with Gasteiger partial charge in [0.25, 0.3) is 0 Å². The van der Waals surface area contributed by atoms with E-state index in [1.54, 1.807) is 0 Å². The largest absolute Gasteiger partial charge is 0.138 e. The van der Waals surface area contributed by atoms with Crippen LogP contribution in [0.25, 0.3) is 0 Å². The van der Waals surface area contributed by atoms with Gasteiger partial charge in [0.15, 0.2) is 0 Å². The van der Waals surface area contributed by atoms with Crippen molar-refractivity contribution >= 4 is 9.24 Å². The second-order valence-corrected chi connectivity index (χ2v) is 6.90. The maximum atomic E-state index is 2.86. The highest BCUT2D eigenvalue weighted by Crippen LogP contribution is 2.32. The van der Waals surface area contributed by atoms with Gasteiger partial charge in [0.05, 0.1) is 0 Å². The summed E-state index contributed by atoms with van der Waals surface area (Å²) in [6.07, 6.45) is 3.64. The third-order valence-corrected chi connectivity index (χ3v) is 4.40. The maximum Gasteiger partial charge on any atom is 0.00898 e. The summed E-state index contributed by atoms with van der Waals surface area (Å²) in [7, 11) is 2.86. The normalized spacial score (nSPS) is 11.1. The average Bonchev–Trinajstić information content (AvgIpc) is 2.37. The minimum absolute atomic E-state index is 0.516. The molecule has 0 heterocycles. The number of hydrogen-bond acceptors (Lipinski definition) is 0. The third-order valence-electron chi connectivity index (χ3n) is 3.99. The van der Waals surface area contributed by atoms with Crippen molar-refractivity contribution in [2.45, 2.75) is 46.5 Å². The molecule has 0 radical (unpaired) electrons.